The molecule has 0 aromatic heterocycles. The first-order valence-corrected chi connectivity index (χ1v) is 6.68. The standard InChI is InChI=1S/C13H26N2/c1-4-12-9-14-7-5-6-13(14)10-15(12)8-11(2)3/h11-13H,4-10H2,1-3H3. The molecular weight excluding hydrogens is 184 g/mol. The predicted octanol–water partition coefficient (Wildman–Crippen LogP) is 2.20. The van der Waals surface area contributed by atoms with Crippen molar-refractivity contribution in [3.05, 3.63) is 0 Å². The molecule has 2 rings (SSSR count). The summed E-state index contributed by atoms with van der Waals surface area (Å²) in [5, 5.41) is 0. The Kier molecular flexibility index (Phi) is 3.68. The Bertz CT molecular complexity index is 203. The Morgan fingerprint density at radius 2 is 2.07 bits per heavy atom. The Morgan fingerprint density at radius 1 is 1.27 bits per heavy atom. The minimum atomic E-state index is 0.812. The molecule has 2 heterocycles. The molecule has 0 aromatic rings. The maximum atomic E-state index is 2.75. The van der Waals surface area contributed by atoms with Crippen LogP contribution >= 0.6 is 0 Å². The van der Waals surface area contributed by atoms with E-state index in [4.69, 9.17) is 0 Å². The fourth-order valence-electron chi connectivity index (χ4n) is 3.23. The summed E-state index contributed by atoms with van der Waals surface area (Å²) >= 11 is 0. The lowest BCUT2D eigenvalue weighted by molar-refractivity contribution is 0.0415. The van der Waals surface area contributed by atoms with Crippen LogP contribution in [0.2, 0.25) is 0 Å². The molecule has 2 fully saturated rings. The summed E-state index contributed by atoms with van der Waals surface area (Å²) in [6.45, 7) is 12.3. The lowest BCUT2D eigenvalue weighted by atomic mass is 10.0. The molecule has 0 radical (unpaired) electrons. The molecule has 2 aliphatic heterocycles. The number of piperazine rings is 1. The molecule has 2 aliphatic rings. The molecule has 2 heteroatoms. The molecular formula is C13H26N2. The third-order valence-electron chi connectivity index (χ3n) is 3.98. The maximum Gasteiger partial charge on any atom is 0.0224 e. The average molecular weight is 210 g/mol. The number of hydrogen-bond acceptors (Lipinski definition) is 2. The minimum Gasteiger partial charge on any atom is -0.298 e. The van der Waals surface area contributed by atoms with Crippen molar-refractivity contribution in [2.75, 3.05) is 26.2 Å². The van der Waals surface area contributed by atoms with Crippen LogP contribution in [-0.2, 0) is 0 Å². The molecule has 0 spiro atoms. The third-order valence-corrected chi connectivity index (χ3v) is 3.98. The van der Waals surface area contributed by atoms with Gasteiger partial charge in [0.15, 0.2) is 0 Å². The van der Waals surface area contributed by atoms with Crippen LogP contribution < -0.4 is 0 Å². The number of hydrogen-bond donors (Lipinski definition) is 0. The second-order valence-corrected chi connectivity index (χ2v) is 5.70. The van der Waals surface area contributed by atoms with E-state index in [1.165, 1.54) is 45.4 Å². The van der Waals surface area contributed by atoms with E-state index in [0.717, 1.165) is 18.0 Å². The average Bonchev–Trinajstić information content (AvgIpc) is 2.62. The maximum absolute atomic E-state index is 2.75. The highest BCUT2D eigenvalue weighted by Crippen LogP contribution is 2.26. The van der Waals surface area contributed by atoms with Gasteiger partial charge in [0, 0.05) is 31.7 Å². The first kappa shape index (κ1) is 11.4. The molecule has 0 aliphatic carbocycles. The van der Waals surface area contributed by atoms with Crippen LogP contribution in [0.5, 0.6) is 0 Å². The van der Waals surface area contributed by atoms with Crippen LogP contribution in [0.4, 0.5) is 0 Å². The van der Waals surface area contributed by atoms with E-state index in [1.54, 1.807) is 0 Å². The fourth-order valence-corrected chi connectivity index (χ4v) is 3.23. The Balaban J connectivity index is 1.96. The molecule has 2 nitrogen and oxygen atoms in total. The molecule has 15 heavy (non-hydrogen) atoms. The third kappa shape index (κ3) is 2.54. The van der Waals surface area contributed by atoms with Gasteiger partial charge in [0.2, 0.25) is 0 Å². The van der Waals surface area contributed by atoms with Gasteiger partial charge in [-0.3, -0.25) is 9.80 Å². The first-order chi connectivity index (χ1) is 7.20. The zero-order chi connectivity index (χ0) is 10.8. The summed E-state index contributed by atoms with van der Waals surface area (Å²) in [6.07, 6.45) is 4.18. The van der Waals surface area contributed by atoms with Gasteiger partial charge in [-0.15, -0.1) is 0 Å². The topological polar surface area (TPSA) is 6.48 Å². The quantitative estimate of drug-likeness (QED) is 0.704. The molecule has 2 saturated heterocycles. The van der Waals surface area contributed by atoms with Crippen molar-refractivity contribution < 1.29 is 0 Å². The SMILES string of the molecule is CCC1CN2CCCC2CN1CC(C)C. The van der Waals surface area contributed by atoms with E-state index in [2.05, 4.69) is 30.6 Å². The highest BCUT2D eigenvalue weighted by Gasteiger charge is 2.35. The van der Waals surface area contributed by atoms with E-state index in [9.17, 15) is 0 Å². The highest BCUT2D eigenvalue weighted by atomic mass is 15.3. The number of fused-ring (bicyclic) bond motifs is 1. The molecule has 0 saturated carbocycles. The van der Waals surface area contributed by atoms with Gasteiger partial charge in [0.1, 0.15) is 0 Å². The lowest BCUT2D eigenvalue weighted by Gasteiger charge is -2.44. The van der Waals surface area contributed by atoms with Crippen molar-refractivity contribution in [3.63, 3.8) is 0 Å². The van der Waals surface area contributed by atoms with Gasteiger partial charge < -0.3 is 0 Å². The molecule has 0 N–H and O–H groups in total. The molecule has 0 amide bonds. The van der Waals surface area contributed by atoms with Crippen molar-refractivity contribution in [2.45, 2.75) is 52.1 Å². The molecule has 0 aromatic carbocycles. The molecule has 2 atom stereocenters. The van der Waals surface area contributed by atoms with Gasteiger partial charge in [-0.25, -0.2) is 0 Å². The smallest absolute Gasteiger partial charge is 0.0224 e. The van der Waals surface area contributed by atoms with E-state index < -0.39 is 0 Å². The zero-order valence-electron chi connectivity index (χ0n) is 10.6. The second kappa shape index (κ2) is 4.84. The van der Waals surface area contributed by atoms with Crippen LogP contribution in [0.1, 0.15) is 40.0 Å². The normalized spacial score (nSPS) is 33.6. The van der Waals surface area contributed by atoms with Gasteiger partial charge in [-0.1, -0.05) is 20.8 Å². The van der Waals surface area contributed by atoms with Gasteiger partial charge in [0.25, 0.3) is 0 Å². The summed E-state index contributed by atoms with van der Waals surface area (Å²) in [4.78, 5) is 5.47. The number of rotatable bonds is 3. The van der Waals surface area contributed by atoms with Gasteiger partial charge >= 0.3 is 0 Å². The van der Waals surface area contributed by atoms with Crippen molar-refractivity contribution in [1.82, 2.24) is 9.80 Å². The monoisotopic (exact) mass is 210 g/mol. The van der Waals surface area contributed by atoms with Crippen molar-refractivity contribution in [3.8, 4) is 0 Å². The summed E-state index contributed by atoms with van der Waals surface area (Å²) in [6, 6.07) is 1.70. The zero-order valence-corrected chi connectivity index (χ0v) is 10.6. The Morgan fingerprint density at radius 3 is 2.73 bits per heavy atom. The first-order valence-electron chi connectivity index (χ1n) is 6.68. The van der Waals surface area contributed by atoms with E-state index in [1.807, 2.05) is 0 Å². The number of nitrogens with zero attached hydrogens (tertiary/aromatic N) is 2. The molecule has 2 unspecified atom stereocenters. The van der Waals surface area contributed by atoms with E-state index >= 15 is 0 Å². The Labute approximate surface area is 94.6 Å². The summed E-state index contributed by atoms with van der Waals surface area (Å²) in [5.74, 6) is 0.812. The van der Waals surface area contributed by atoms with Crippen molar-refractivity contribution in [1.29, 1.82) is 0 Å². The summed E-state index contributed by atoms with van der Waals surface area (Å²) in [7, 11) is 0. The van der Waals surface area contributed by atoms with Crippen LogP contribution in [0, 0.1) is 5.92 Å². The molecule has 0 bridgehead atoms. The van der Waals surface area contributed by atoms with Crippen LogP contribution in [-0.4, -0.2) is 48.1 Å². The second-order valence-electron chi connectivity index (χ2n) is 5.70. The predicted molar refractivity (Wildman–Crippen MR) is 65.1 cm³/mol. The van der Waals surface area contributed by atoms with Gasteiger partial charge in [0.05, 0.1) is 0 Å². The van der Waals surface area contributed by atoms with Crippen molar-refractivity contribution >= 4 is 0 Å². The van der Waals surface area contributed by atoms with Crippen molar-refractivity contribution in [2.24, 2.45) is 5.92 Å². The molecule has 88 valence electrons. The lowest BCUT2D eigenvalue weighted by Crippen LogP contribution is -2.56. The minimum absolute atomic E-state index is 0.812. The summed E-state index contributed by atoms with van der Waals surface area (Å²) < 4.78 is 0. The van der Waals surface area contributed by atoms with Crippen LogP contribution in [0.25, 0.3) is 0 Å². The van der Waals surface area contributed by atoms with Crippen LogP contribution in [0.15, 0.2) is 0 Å². The van der Waals surface area contributed by atoms with Crippen LogP contribution in [0.3, 0.4) is 0 Å². The largest absolute Gasteiger partial charge is 0.298 e. The summed E-state index contributed by atoms with van der Waals surface area (Å²) in [5.41, 5.74) is 0. The van der Waals surface area contributed by atoms with Gasteiger partial charge in [-0.05, 0) is 31.7 Å². The van der Waals surface area contributed by atoms with E-state index in [0.29, 0.717) is 0 Å². The Hall–Kier alpha value is -0.0800. The van der Waals surface area contributed by atoms with Gasteiger partial charge in [-0.2, -0.15) is 0 Å². The highest BCUT2D eigenvalue weighted by molar-refractivity contribution is 4.91. The van der Waals surface area contributed by atoms with E-state index in [-0.39, 0.29) is 0 Å². The fraction of sp³-hybridized carbons (Fsp3) is 1.00.